The quantitative estimate of drug-likeness (QED) is 0.878. The molecule has 0 aliphatic carbocycles. The van der Waals surface area contributed by atoms with E-state index in [1.807, 2.05) is 30.3 Å². The molecule has 120 valence electrons. The van der Waals surface area contributed by atoms with Crippen LogP contribution in [-0.4, -0.2) is 35.0 Å². The van der Waals surface area contributed by atoms with E-state index >= 15 is 0 Å². The molecule has 2 rings (SSSR count). The van der Waals surface area contributed by atoms with Gasteiger partial charge in [-0.2, -0.15) is 0 Å². The number of hydrogen-bond acceptors (Lipinski definition) is 2. The molecule has 0 radical (unpaired) electrons. The number of aliphatic carboxylic acids is 1. The smallest absolute Gasteiger partial charge is 0.308 e. The number of rotatable bonds is 6. The van der Waals surface area contributed by atoms with Gasteiger partial charge in [-0.3, -0.25) is 9.59 Å². The zero-order valence-electron chi connectivity index (χ0n) is 13.4. The van der Waals surface area contributed by atoms with Crippen molar-refractivity contribution >= 4 is 11.9 Å². The minimum atomic E-state index is -0.814. The maximum Gasteiger partial charge on any atom is 0.308 e. The maximum atomic E-state index is 12.4. The van der Waals surface area contributed by atoms with Gasteiger partial charge in [-0.1, -0.05) is 57.0 Å². The van der Waals surface area contributed by atoms with Gasteiger partial charge in [0.25, 0.3) is 0 Å². The van der Waals surface area contributed by atoms with E-state index in [0.717, 1.165) is 18.4 Å². The number of carbonyl (C=O) groups is 2. The third-order valence-electron chi connectivity index (χ3n) is 4.52. The van der Waals surface area contributed by atoms with Gasteiger partial charge in [0.2, 0.25) is 5.91 Å². The van der Waals surface area contributed by atoms with Gasteiger partial charge in [0, 0.05) is 25.4 Å². The molecule has 1 aliphatic rings. The van der Waals surface area contributed by atoms with Crippen LogP contribution < -0.4 is 0 Å². The van der Waals surface area contributed by atoms with E-state index in [1.54, 1.807) is 4.90 Å². The molecule has 1 N–H and O–H groups in total. The van der Waals surface area contributed by atoms with E-state index in [1.165, 1.54) is 0 Å². The van der Waals surface area contributed by atoms with Crippen LogP contribution in [0.2, 0.25) is 0 Å². The summed E-state index contributed by atoms with van der Waals surface area (Å²) in [5, 5.41) is 9.47. The summed E-state index contributed by atoms with van der Waals surface area (Å²) in [5.41, 5.74) is 1.01. The predicted molar refractivity (Wildman–Crippen MR) is 85.6 cm³/mol. The molecule has 1 fully saturated rings. The molecule has 1 aliphatic heterocycles. The highest BCUT2D eigenvalue weighted by Gasteiger charge is 2.40. The van der Waals surface area contributed by atoms with Crippen LogP contribution in [0.4, 0.5) is 0 Å². The lowest BCUT2D eigenvalue weighted by Crippen LogP contribution is -2.30. The highest BCUT2D eigenvalue weighted by molar-refractivity contribution is 5.79. The summed E-state index contributed by atoms with van der Waals surface area (Å²) >= 11 is 0. The van der Waals surface area contributed by atoms with Gasteiger partial charge in [-0.15, -0.1) is 0 Å². The molecule has 1 aromatic carbocycles. The van der Waals surface area contributed by atoms with E-state index in [2.05, 4.69) is 13.8 Å². The molecule has 1 amide bonds. The summed E-state index contributed by atoms with van der Waals surface area (Å²) in [6.07, 6.45) is 2.62. The number of carbonyl (C=O) groups excluding carboxylic acids is 1. The summed E-state index contributed by atoms with van der Waals surface area (Å²) in [4.78, 5) is 25.7. The normalized spacial score (nSPS) is 22.5. The van der Waals surface area contributed by atoms with Crippen molar-refractivity contribution in [1.82, 2.24) is 4.90 Å². The molecule has 0 saturated carbocycles. The first kappa shape index (κ1) is 16.5. The number of amides is 1. The third kappa shape index (κ3) is 3.87. The molecule has 1 aromatic rings. The minimum Gasteiger partial charge on any atom is -0.481 e. The lowest BCUT2D eigenvalue weighted by molar-refractivity contribution is -0.141. The van der Waals surface area contributed by atoms with Crippen LogP contribution in [0.3, 0.4) is 0 Å². The number of hydrogen-bond donors (Lipinski definition) is 1. The van der Waals surface area contributed by atoms with Crippen molar-refractivity contribution in [2.45, 2.75) is 39.0 Å². The van der Waals surface area contributed by atoms with Crippen molar-refractivity contribution in [2.24, 2.45) is 11.8 Å². The fourth-order valence-electron chi connectivity index (χ4n) is 3.32. The highest BCUT2D eigenvalue weighted by atomic mass is 16.4. The summed E-state index contributed by atoms with van der Waals surface area (Å²) in [6, 6.07) is 9.66. The Balaban J connectivity index is 2.07. The molecular weight excluding hydrogens is 278 g/mol. The van der Waals surface area contributed by atoms with Gasteiger partial charge in [0.1, 0.15) is 0 Å². The second kappa shape index (κ2) is 7.43. The lowest BCUT2D eigenvalue weighted by Gasteiger charge is -2.19. The monoisotopic (exact) mass is 303 g/mol. The predicted octanol–water partition coefficient (Wildman–Crippen LogP) is 3.14. The Hall–Kier alpha value is -1.84. The van der Waals surface area contributed by atoms with Crippen LogP contribution in [0.25, 0.3) is 0 Å². The van der Waals surface area contributed by atoms with Crippen molar-refractivity contribution < 1.29 is 14.7 Å². The molecule has 4 nitrogen and oxygen atoms in total. The van der Waals surface area contributed by atoms with Gasteiger partial charge < -0.3 is 10.0 Å². The van der Waals surface area contributed by atoms with Crippen LogP contribution in [0.15, 0.2) is 30.3 Å². The molecule has 1 unspecified atom stereocenters. The van der Waals surface area contributed by atoms with Gasteiger partial charge in [-0.05, 0) is 11.5 Å². The highest BCUT2D eigenvalue weighted by Crippen LogP contribution is 2.33. The Morgan fingerprint density at radius 1 is 1.27 bits per heavy atom. The van der Waals surface area contributed by atoms with Gasteiger partial charge in [0.05, 0.1) is 5.92 Å². The van der Waals surface area contributed by atoms with E-state index in [9.17, 15) is 14.7 Å². The van der Waals surface area contributed by atoms with Crippen molar-refractivity contribution in [3.63, 3.8) is 0 Å². The Kier molecular flexibility index (Phi) is 5.58. The molecule has 0 bridgehead atoms. The van der Waals surface area contributed by atoms with Crippen LogP contribution in [0.1, 0.15) is 44.6 Å². The fourth-order valence-corrected chi connectivity index (χ4v) is 3.32. The average molecular weight is 303 g/mol. The molecule has 0 spiro atoms. The molecular formula is C18H25NO3. The number of benzene rings is 1. The van der Waals surface area contributed by atoms with Crippen molar-refractivity contribution in [3.8, 4) is 0 Å². The van der Waals surface area contributed by atoms with E-state index in [-0.39, 0.29) is 11.8 Å². The summed E-state index contributed by atoms with van der Waals surface area (Å²) in [6.45, 7) is 5.04. The molecule has 3 atom stereocenters. The SMILES string of the molecule is CCCC(C)CC(=O)N1C[C@H](C(=O)O)[C@H](c2ccccc2)C1. The fraction of sp³-hybridized carbons (Fsp3) is 0.556. The summed E-state index contributed by atoms with van der Waals surface area (Å²) < 4.78 is 0. The Morgan fingerprint density at radius 2 is 1.95 bits per heavy atom. The Morgan fingerprint density at radius 3 is 2.55 bits per heavy atom. The zero-order chi connectivity index (χ0) is 16.1. The first-order chi connectivity index (χ1) is 10.5. The molecule has 0 aromatic heterocycles. The first-order valence-electron chi connectivity index (χ1n) is 8.08. The van der Waals surface area contributed by atoms with Crippen molar-refractivity contribution in [2.75, 3.05) is 13.1 Å². The third-order valence-corrected chi connectivity index (χ3v) is 4.52. The van der Waals surface area contributed by atoms with Crippen LogP contribution in [0, 0.1) is 11.8 Å². The number of likely N-dealkylation sites (tertiary alicyclic amines) is 1. The second-order valence-corrected chi connectivity index (χ2v) is 6.36. The van der Waals surface area contributed by atoms with Crippen LogP contribution in [-0.2, 0) is 9.59 Å². The van der Waals surface area contributed by atoms with E-state index in [0.29, 0.717) is 25.4 Å². The molecule has 22 heavy (non-hydrogen) atoms. The summed E-state index contributed by atoms with van der Waals surface area (Å²) in [5.74, 6) is -0.982. The van der Waals surface area contributed by atoms with Crippen LogP contribution >= 0.6 is 0 Å². The number of nitrogens with zero attached hydrogens (tertiary/aromatic N) is 1. The van der Waals surface area contributed by atoms with Crippen molar-refractivity contribution in [1.29, 1.82) is 0 Å². The Labute approximate surface area is 132 Å². The largest absolute Gasteiger partial charge is 0.481 e. The zero-order valence-corrected chi connectivity index (χ0v) is 13.4. The minimum absolute atomic E-state index is 0.0885. The van der Waals surface area contributed by atoms with E-state index in [4.69, 9.17) is 0 Å². The molecule has 4 heteroatoms. The molecule has 1 saturated heterocycles. The van der Waals surface area contributed by atoms with Gasteiger partial charge in [0.15, 0.2) is 0 Å². The Bertz CT molecular complexity index is 514. The second-order valence-electron chi connectivity index (χ2n) is 6.36. The maximum absolute atomic E-state index is 12.4. The standard InChI is InChI=1S/C18H25NO3/c1-3-7-13(2)10-17(20)19-11-15(16(12-19)18(21)22)14-8-5-4-6-9-14/h4-6,8-9,13,15-16H,3,7,10-12H2,1-2H3,(H,21,22)/t13?,15-,16-/m0/s1. The topological polar surface area (TPSA) is 57.6 Å². The lowest BCUT2D eigenvalue weighted by atomic mass is 9.89. The van der Waals surface area contributed by atoms with Gasteiger partial charge in [-0.25, -0.2) is 0 Å². The van der Waals surface area contributed by atoms with Gasteiger partial charge >= 0.3 is 5.97 Å². The van der Waals surface area contributed by atoms with Crippen LogP contribution in [0.5, 0.6) is 0 Å². The van der Waals surface area contributed by atoms with E-state index < -0.39 is 11.9 Å². The number of carboxylic acid groups (broad SMARTS) is 1. The first-order valence-corrected chi connectivity index (χ1v) is 8.08. The van der Waals surface area contributed by atoms with Crippen molar-refractivity contribution in [3.05, 3.63) is 35.9 Å². The summed E-state index contributed by atoms with van der Waals surface area (Å²) in [7, 11) is 0. The average Bonchev–Trinajstić information content (AvgIpc) is 2.94. The molecule has 1 heterocycles. The number of carboxylic acids is 1.